The van der Waals surface area contributed by atoms with E-state index in [-0.39, 0.29) is 17.5 Å². The van der Waals surface area contributed by atoms with Crippen LogP contribution in [0.25, 0.3) is 10.8 Å². The van der Waals surface area contributed by atoms with E-state index in [2.05, 4.69) is 21.6 Å². The molecule has 3 aromatic rings. The van der Waals surface area contributed by atoms with Crippen molar-refractivity contribution in [3.8, 4) is 0 Å². The van der Waals surface area contributed by atoms with Crippen LogP contribution in [0, 0.1) is 6.92 Å². The number of alkyl halides is 2. The second kappa shape index (κ2) is 8.20. The lowest BCUT2D eigenvalue weighted by molar-refractivity contribution is -0.168. The minimum Gasteiger partial charge on any atom is -0.384 e. The molecule has 1 spiro atoms. The lowest BCUT2D eigenvalue weighted by Gasteiger charge is -2.30. The van der Waals surface area contributed by atoms with Crippen molar-refractivity contribution in [1.29, 1.82) is 0 Å². The molecule has 190 valence electrons. The zero-order valence-electron chi connectivity index (χ0n) is 21.3. The molecule has 5 rings (SSSR count). The van der Waals surface area contributed by atoms with Crippen LogP contribution < -0.4 is 10.2 Å². The number of hydrogen-bond acceptors (Lipinski definition) is 5. The molecule has 1 saturated carbocycles. The maximum Gasteiger partial charge on any atom is 0.300 e. The number of carbonyl (C=O) groups is 1. The first-order valence-electron chi connectivity index (χ1n) is 12.4. The molecule has 0 unspecified atom stereocenters. The van der Waals surface area contributed by atoms with Gasteiger partial charge >= 0.3 is 5.92 Å². The zero-order valence-corrected chi connectivity index (χ0v) is 21.3. The van der Waals surface area contributed by atoms with Crippen molar-refractivity contribution in [2.45, 2.75) is 76.4 Å². The van der Waals surface area contributed by atoms with Crippen molar-refractivity contribution in [3.63, 3.8) is 0 Å². The van der Waals surface area contributed by atoms with Gasteiger partial charge in [-0.2, -0.15) is 13.9 Å². The summed E-state index contributed by atoms with van der Waals surface area (Å²) in [5.74, 6) is -2.73. The topological polar surface area (TPSA) is 78.4 Å². The second-order valence-corrected chi connectivity index (χ2v) is 10.8. The van der Waals surface area contributed by atoms with Crippen LogP contribution >= 0.6 is 0 Å². The minimum absolute atomic E-state index is 0.149. The van der Waals surface area contributed by atoms with Gasteiger partial charge in [0.05, 0.1) is 17.2 Å². The summed E-state index contributed by atoms with van der Waals surface area (Å²) >= 11 is 0. The Bertz CT molecular complexity index is 1360. The van der Waals surface area contributed by atoms with Gasteiger partial charge in [-0.15, -0.1) is 5.10 Å². The van der Waals surface area contributed by atoms with Gasteiger partial charge in [-0.1, -0.05) is 31.0 Å². The number of aryl methyl sites for hydroxylation is 1. The van der Waals surface area contributed by atoms with Crippen molar-refractivity contribution >= 4 is 28.2 Å². The third-order valence-electron chi connectivity index (χ3n) is 8.00. The molecule has 1 aromatic heterocycles. The summed E-state index contributed by atoms with van der Waals surface area (Å²) in [6, 6.07) is 9.80. The maximum absolute atomic E-state index is 14.8. The average Bonchev–Trinajstić information content (AvgIpc) is 3.41. The third kappa shape index (κ3) is 3.57. The van der Waals surface area contributed by atoms with Crippen molar-refractivity contribution in [1.82, 2.24) is 10.2 Å². The lowest BCUT2D eigenvalue weighted by Crippen LogP contribution is -2.40. The highest BCUT2D eigenvalue weighted by Gasteiger charge is 2.51. The Morgan fingerprint density at radius 1 is 1.11 bits per heavy atom. The smallest absolute Gasteiger partial charge is 0.300 e. The summed E-state index contributed by atoms with van der Waals surface area (Å²) in [4.78, 5) is 15.0. The lowest BCUT2D eigenvalue weighted by atomic mass is 9.79. The predicted octanol–water partition coefficient (Wildman–Crippen LogP) is 5.76. The van der Waals surface area contributed by atoms with E-state index in [0.717, 1.165) is 67.2 Å². The minimum atomic E-state index is -3.41. The number of amides is 1. The highest BCUT2D eigenvalue weighted by molar-refractivity contribution is 6.11. The summed E-state index contributed by atoms with van der Waals surface area (Å²) in [6.07, 6.45) is 3.81. The van der Waals surface area contributed by atoms with Crippen molar-refractivity contribution < 1.29 is 18.7 Å². The van der Waals surface area contributed by atoms with Crippen molar-refractivity contribution in [3.05, 3.63) is 58.8 Å². The molecule has 0 radical (unpaired) electrons. The van der Waals surface area contributed by atoms with E-state index in [9.17, 15) is 18.7 Å². The summed E-state index contributed by atoms with van der Waals surface area (Å²) in [5.41, 5.74) is 0.475. The fourth-order valence-corrected chi connectivity index (χ4v) is 5.74. The third-order valence-corrected chi connectivity index (χ3v) is 8.00. The number of anilines is 2. The van der Waals surface area contributed by atoms with Crippen LogP contribution in [0.4, 0.5) is 20.3 Å². The molecule has 2 N–H and O–H groups in total. The number of carbonyl (C=O) groups excluding carboxylic acids is 1. The van der Waals surface area contributed by atoms with E-state index < -0.39 is 16.9 Å². The molecule has 0 saturated heterocycles. The van der Waals surface area contributed by atoms with Gasteiger partial charge in [-0.05, 0) is 69.9 Å². The molecule has 1 amide bonds. The van der Waals surface area contributed by atoms with Crippen LogP contribution in [-0.2, 0) is 16.1 Å². The molecule has 2 aliphatic rings. The molecule has 0 bridgehead atoms. The maximum atomic E-state index is 14.8. The Morgan fingerprint density at radius 3 is 2.47 bits per heavy atom. The molecule has 36 heavy (non-hydrogen) atoms. The number of fused-ring (bicyclic) bond motifs is 3. The molecule has 1 aliphatic heterocycles. The summed E-state index contributed by atoms with van der Waals surface area (Å²) in [7, 11) is 1.82. The van der Waals surface area contributed by atoms with Gasteiger partial charge in [0.15, 0.2) is 5.82 Å². The van der Waals surface area contributed by atoms with E-state index in [4.69, 9.17) is 0 Å². The fraction of sp³-hybridized carbons (Fsp3) is 0.464. The van der Waals surface area contributed by atoms with E-state index >= 15 is 0 Å². The first kappa shape index (κ1) is 24.6. The first-order chi connectivity index (χ1) is 16.9. The molecule has 2 heterocycles. The number of likely N-dealkylation sites (N-methyl/N-ethyl adjacent to an activating group) is 1. The van der Waals surface area contributed by atoms with Crippen LogP contribution in [0.2, 0.25) is 0 Å². The van der Waals surface area contributed by atoms with Gasteiger partial charge in [0.2, 0.25) is 5.91 Å². The van der Waals surface area contributed by atoms with Gasteiger partial charge in [-0.3, -0.25) is 4.79 Å². The summed E-state index contributed by atoms with van der Waals surface area (Å²) in [5, 5.41) is 23.8. The van der Waals surface area contributed by atoms with Crippen molar-refractivity contribution in [2.24, 2.45) is 0 Å². The summed E-state index contributed by atoms with van der Waals surface area (Å²) in [6.45, 7) is 5.97. The number of rotatable bonds is 5. The molecule has 2 aromatic carbocycles. The number of halogens is 2. The van der Waals surface area contributed by atoms with Gasteiger partial charge < -0.3 is 15.3 Å². The SMILES string of the molecule is Cc1nnc(N[C@H](C)c2cccc(C(F)(F)C(C)(C)O)c2)c2cc3c(cc12)C1(CCCC1)C(=O)N3C. The Balaban J connectivity index is 1.54. The number of nitrogens with zero attached hydrogens (tertiary/aromatic N) is 3. The Hall–Kier alpha value is -3.13. The van der Waals surface area contributed by atoms with Crippen molar-refractivity contribution in [2.75, 3.05) is 17.3 Å². The van der Waals surface area contributed by atoms with Gasteiger partial charge in [0.1, 0.15) is 5.60 Å². The fourth-order valence-electron chi connectivity index (χ4n) is 5.74. The standard InChI is InChI=1S/C28H32F2N4O2/c1-16(18-9-8-10-19(13-18)28(29,30)26(3,4)36)31-24-21-15-23-22(14-20(21)17(2)32-33-24)27(11-6-7-12-27)25(35)34(23)5/h8-10,13-16,36H,6-7,11-12H2,1-5H3,(H,31,33)/t16-/m1/s1. The normalized spacial score (nSPS) is 18.2. The Morgan fingerprint density at radius 2 is 1.81 bits per heavy atom. The van der Waals surface area contributed by atoms with Crippen LogP contribution in [0.3, 0.4) is 0 Å². The average molecular weight is 495 g/mol. The quantitative estimate of drug-likeness (QED) is 0.471. The molecular formula is C28H32F2N4O2. The molecule has 1 aliphatic carbocycles. The number of aromatic nitrogens is 2. The highest BCUT2D eigenvalue weighted by atomic mass is 19.3. The Labute approximate surface area is 209 Å². The molecule has 6 nitrogen and oxygen atoms in total. The molecule has 1 fully saturated rings. The molecule has 8 heteroatoms. The molecule has 1 atom stereocenters. The van der Waals surface area contributed by atoms with Crippen LogP contribution in [0.5, 0.6) is 0 Å². The number of hydrogen-bond donors (Lipinski definition) is 2. The Kier molecular flexibility index (Phi) is 5.59. The van der Waals surface area contributed by atoms with E-state index in [0.29, 0.717) is 11.4 Å². The number of aliphatic hydroxyl groups is 1. The van der Waals surface area contributed by atoms with Crippen LogP contribution in [0.15, 0.2) is 36.4 Å². The van der Waals surface area contributed by atoms with E-state index in [1.54, 1.807) is 17.0 Å². The van der Waals surface area contributed by atoms with Crippen LogP contribution in [0.1, 0.15) is 74.9 Å². The van der Waals surface area contributed by atoms with E-state index in [1.165, 1.54) is 12.1 Å². The predicted molar refractivity (Wildman–Crippen MR) is 137 cm³/mol. The van der Waals surface area contributed by atoms with E-state index in [1.807, 2.05) is 27.0 Å². The number of benzene rings is 2. The number of nitrogens with one attached hydrogen (secondary N) is 1. The largest absolute Gasteiger partial charge is 0.384 e. The zero-order chi connectivity index (χ0) is 26.0. The molecular weight excluding hydrogens is 462 g/mol. The summed E-state index contributed by atoms with van der Waals surface area (Å²) < 4.78 is 29.6. The van der Waals surface area contributed by atoms with Gasteiger partial charge in [0, 0.05) is 29.1 Å². The first-order valence-corrected chi connectivity index (χ1v) is 12.4. The van der Waals surface area contributed by atoms with Crippen LogP contribution in [-0.4, -0.2) is 33.9 Å². The second-order valence-electron chi connectivity index (χ2n) is 10.8. The monoisotopic (exact) mass is 494 g/mol. The van der Waals surface area contributed by atoms with Gasteiger partial charge in [-0.25, -0.2) is 0 Å². The highest BCUT2D eigenvalue weighted by Crippen LogP contribution is 2.52. The van der Waals surface area contributed by atoms with Gasteiger partial charge in [0.25, 0.3) is 0 Å².